The highest BCUT2D eigenvalue weighted by Crippen LogP contribution is 2.30. The van der Waals surface area contributed by atoms with Crippen molar-refractivity contribution < 1.29 is 9.59 Å². The van der Waals surface area contributed by atoms with Crippen molar-refractivity contribution in [2.24, 2.45) is 0 Å². The van der Waals surface area contributed by atoms with E-state index < -0.39 is 6.04 Å². The van der Waals surface area contributed by atoms with E-state index >= 15 is 0 Å². The van der Waals surface area contributed by atoms with E-state index in [1.165, 1.54) is 37.7 Å². The Labute approximate surface area is 190 Å². The number of carbonyl (C=O) groups excluding carboxylic acids is 2. The van der Waals surface area contributed by atoms with Crippen molar-refractivity contribution in [2.75, 3.05) is 31.6 Å². The zero-order valence-corrected chi connectivity index (χ0v) is 19.1. The summed E-state index contributed by atoms with van der Waals surface area (Å²) in [6, 6.07) is 8.09. The zero-order valence-electron chi connectivity index (χ0n) is 19.1. The van der Waals surface area contributed by atoms with E-state index in [2.05, 4.69) is 28.3 Å². The molecule has 1 N–H and O–H groups in total. The highest BCUT2D eigenvalue weighted by atomic mass is 16.2. The number of amides is 2. The summed E-state index contributed by atoms with van der Waals surface area (Å²) >= 11 is 0. The molecule has 7 heteroatoms. The molecule has 2 aromatic rings. The summed E-state index contributed by atoms with van der Waals surface area (Å²) in [6.45, 7) is 2.27. The number of nitrogens with zero attached hydrogens (tertiary/aromatic N) is 4. The van der Waals surface area contributed by atoms with Crippen molar-refractivity contribution in [3.8, 4) is 0 Å². The van der Waals surface area contributed by atoms with Gasteiger partial charge in [0, 0.05) is 37.2 Å². The normalized spacial score (nSPS) is 17.4. The number of hydrogen-bond donors (Lipinski definition) is 1. The van der Waals surface area contributed by atoms with Crippen LogP contribution in [0.2, 0.25) is 0 Å². The number of hydrogen-bond acceptors (Lipinski definition) is 4. The Bertz CT molecular complexity index is 891. The van der Waals surface area contributed by atoms with Gasteiger partial charge in [0.15, 0.2) is 0 Å². The number of fused-ring (bicyclic) bond motifs is 1. The van der Waals surface area contributed by atoms with Gasteiger partial charge in [-0.05, 0) is 50.9 Å². The number of benzene rings is 1. The van der Waals surface area contributed by atoms with Gasteiger partial charge in [-0.1, -0.05) is 37.5 Å². The molecule has 1 atom stereocenters. The van der Waals surface area contributed by atoms with Crippen molar-refractivity contribution >= 4 is 17.5 Å². The van der Waals surface area contributed by atoms with Gasteiger partial charge in [-0.3, -0.25) is 9.59 Å². The molecule has 0 saturated heterocycles. The van der Waals surface area contributed by atoms with Crippen LogP contribution in [-0.4, -0.2) is 59.0 Å². The molecule has 1 aromatic heterocycles. The number of para-hydroxylation sites is 1. The van der Waals surface area contributed by atoms with Gasteiger partial charge in [0.1, 0.15) is 6.04 Å². The fourth-order valence-electron chi connectivity index (χ4n) is 5.03. The number of anilines is 1. The van der Waals surface area contributed by atoms with Crippen molar-refractivity contribution in [3.63, 3.8) is 0 Å². The topological polar surface area (TPSA) is 70.5 Å². The molecule has 32 heavy (non-hydrogen) atoms. The van der Waals surface area contributed by atoms with Crippen LogP contribution in [0.25, 0.3) is 0 Å². The van der Waals surface area contributed by atoms with Crippen molar-refractivity contribution in [1.82, 2.24) is 19.8 Å². The van der Waals surface area contributed by atoms with Crippen LogP contribution >= 0.6 is 0 Å². The number of aromatic nitrogens is 2. The Hall–Kier alpha value is -2.67. The molecule has 0 spiro atoms. The Kier molecular flexibility index (Phi) is 7.58. The molecule has 1 fully saturated rings. The summed E-state index contributed by atoms with van der Waals surface area (Å²) in [4.78, 5) is 34.5. The Morgan fingerprint density at radius 2 is 2.03 bits per heavy atom. The number of carbonyl (C=O) groups is 2. The lowest BCUT2D eigenvalue weighted by Gasteiger charge is -2.31. The molecule has 2 aliphatic rings. The van der Waals surface area contributed by atoms with Crippen molar-refractivity contribution in [3.05, 3.63) is 48.5 Å². The summed E-state index contributed by atoms with van der Waals surface area (Å²) in [5.74, 6) is -0.148. The Morgan fingerprint density at radius 3 is 2.81 bits per heavy atom. The molecule has 172 valence electrons. The van der Waals surface area contributed by atoms with Gasteiger partial charge >= 0.3 is 0 Å². The van der Waals surface area contributed by atoms with Crippen molar-refractivity contribution in [2.45, 2.75) is 63.5 Å². The lowest BCUT2D eigenvalue weighted by Crippen LogP contribution is -2.39. The average Bonchev–Trinajstić information content (AvgIpc) is 3.50. The second kappa shape index (κ2) is 10.8. The standard InChI is InChI=1S/C25H35N5O2/c1-28(21-9-3-2-4-10-21)15-7-13-27-24(31)18-23(29-17-14-26-19-29)25(32)30-16-12-20-8-5-6-11-22(20)30/h5-6,8,11,14,17,19,21,23H,2-4,7,9-10,12-13,15-16,18H2,1H3,(H,27,31). The van der Waals surface area contributed by atoms with Crippen LogP contribution < -0.4 is 10.2 Å². The first-order chi connectivity index (χ1) is 15.6. The van der Waals surface area contributed by atoms with Crippen LogP contribution in [0, 0.1) is 0 Å². The second-order valence-corrected chi connectivity index (χ2v) is 9.07. The van der Waals surface area contributed by atoms with Crippen LogP contribution in [-0.2, 0) is 16.0 Å². The quantitative estimate of drug-likeness (QED) is 0.612. The number of nitrogens with one attached hydrogen (secondary N) is 1. The predicted octanol–water partition coefficient (Wildman–Crippen LogP) is 3.17. The fraction of sp³-hybridized carbons (Fsp3) is 0.560. The average molecular weight is 438 g/mol. The van der Waals surface area contributed by atoms with Gasteiger partial charge in [-0.2, -0.15) is 0 Å². The van der Waals surface area contributed by atoms with E-state index in [0.29, 0.717) is 19.1 Å². The Morgan fingerprint density at radius 1 is 1.22 bits per heavy atom. The summed E-state index contributed by atoms with van der Waals surface area (Å²) in [7, 11) is 2.19. The fourth-order valence-corrected chi connectivity index (χ4v) is 5.03. The first-order valence-electron chi connectivity index (χ1n) is 12.0. The molecule has 1 unspecified atom stereocenters. The van der Waals surface area contributed by atoms with E-state index in [9.17, 15) is 9.59 Å². The first-order valence-corrected chi connectivity index (χ1v) is 12.0. The van der Waals surface area contributed by atoms with Gasteiger partial charge in [-0.25, -0.2) is 4.98 Å². The van der Waals surface area contributed by atoms with Gasteiger partial charge in [0.05, 0.1) is 12.7 Å². The van der Waals surface area contributed by atoms with Crippen molar-refractivity contribution in [1.29, 1.82) is 0 Å². The lowest BCUT2D eigenvalue weighted by atomic mass is 9.94. The van der Waals surface area contributed by atoms with Gasteiger partial charge in [0.25, 0.3) is 5.91 Å². The smallest absolute Gasteiger partial charge is 0.250 e. The second-order valence-electron chi connectivity index (χ2n) is 9.07. The zero-order chi connectivity index (χ0) is 22.3. The monoisotopic (exact) mass is 437 g/mol. The van der Waals surface area contributed by atoms with Gasteiger partial charge in [-0.15, -0.1) is 0 Å². The lowest BCUT2D eigenvalue weighted by molar-refractivity contribution is -0.128. The minimum absolute atomic E-state index is 0.0554. The summed E-state index contributed by atoms with van der Waals surface area (Å²) in [5, 5.41) is 3.03. The molecular formula is C25H35N5O2. The van der Waals surface area contributed by atoms with E-state index in [-0.39, 0.29) is 18.2 Å². The van der Waals surface area contributed by atoms with Crippen LogP contribution in [0.5, 0.6) is 0 Å². The first kappa shape index (κ1) is 22.5. The predicted molar refractivity (Wildman–Crippen MR) is 126 cm³/mol. The van der Waals surface area contributed by atoms with Gasteiger partial charge in [0.2, 0.25) is 5.91 Å². The third-order valence-corrected chi connectivity index (χ3v) is 6.91. The molecule has 1 aliphatic heterocycles. The van der Waals surface area contributed by atoms with Crippen LogP contribution in [0.4, 0.5) is 5.69 Å². The molecule has 1 aliphatic carbocycles. The highest BCUT2D eigenvalue weighted by Gasteiger charge is 2.32. The van der Waals surface area contributed by atoms with E-state index in [1.54, 1.807) is 23.3 Å². The molecule has 2 amide bonds. The van der Waals surface area contributed by atoms with E-state index in [0.717, 1.165) is 25.1 Å². The number of imidazole rings is 1. The van der Waals surface area contributed by atoms with E-state index in [1.807, 2.05) is 23.1 Å². The maximum atomic E-state index is 13.4. The molecule has 0 radical (unpaired) electrons. The molecule has 4 rings (SSSR count). The maximum absolute atomic E-state index is 13.4. The minimum Gasteiger partial charge on any atom is -0.356 e. The van der Waals surface area contributed by atoms with Crippen LogP contribution in [0.15, 0.2) is 43.0 Å². The summed E-state index contributed by atoms with van der Waals surface area (Å²) < 4.78 is 1.75. The van der Waals surface area contributed by atoms with E-state index in [4.69, 9.17) is 0 Å². The SMILES string of the molecule is CN(CCCNC(=O)CC(C(=O)N1CCc2ccccc21)n1ccnc1)C1CCCCC1. The Balaban J connectivity index is 1.30. The van der Waals surface area contributed by atoms with Crippen LogP contribution in [0.1, 0.15) is 56.6 Å². The molecule has 7 nitrogen and oxygen atoms in total. The molecule has 1 saturated carbocycles. The largest absolute Gasteiger partial charge is 0.356 e. The molecule has 2 heterocycles. The summed E-state index contributed by atoms with van der Waals surface area (Å²) in [6.07, 6.45) is 13.5. The minimum atomic E-state index is -0.589. The summed E-state index contributed by atoms with van der Waals surface area (Å²) in [5.41, 5.74) is 2.13. The maximum Gasteiger partial charge on any atom is 0.250 e. The van der Waals surface area contributed by atoms with Gasteiger partial charge < -0.3 is 19.7 Å². The number of rotatable bonds is 9. The third-order valence-electron chi connectivity index (χ3n) is 6.91. The van der Waals surface area contributed by atoms with Crippen LogP contribution in [0.3, 0.4) is 0 Å². The highest BCUT2D eigenvalue weighted by molar-refractivity contribution is 6.00. The third kappa shape index (κ3) is 5.38. The molecule has 1 aromatic carbocycles. The molecule has 0 bridgehead atoms. The molecular weight excluding hydrogens is 402 g/mol.